The molecule has 0 aromatic carbocycles. The predicted octanol–water partition coefficient (Wildman–Crippen LogP) is 0.909. The van der Waals surface area contributed by atoms with E-state index in [1.54, 1.807) is 7.11 Å². The molecule has 0 saturated heterocycles. The SMILES string of the molecule is [B][B]OC(C)(C)C(C)(C)OC. The molecule has 0 aromatic rings. The Morgan fingerprint density at radius 2 is 1.55 bits per heavy atom. The molecule has 3 radical (unpaired) electrons. The highest BCUT2D eigenvalue weighted by atomic mass is 16.5. The molecule has 0 heterocycles. The van der Waals surface area contributed by atoms with Crippen molar-refractivity contribution >= 4 is 15.1 Å². The number of methoxy groups -OCH3 is 1. The van der Waals surface area contributed by atoms with Gasteiger partial charge in [-0.2, -0.15) is 0 Å². The Bertz CT molecular complexity index is 124. The van der Waals surface area contributed by atoms with Crippen molar-refractivity contribution in [2.75, 3.05) is 7.11 Å². The summed E-state index contributed by atoms with van der Waals surface area (Å²) in [7, 11) is 8.01. The standard InChI is InChI=1S/C7H15B2O2/c1-6(2,10-5)7(3,4)11-9-8/h1-5H3. The van der Waals surface area contributed by atoms with Crippen molar-refractivity contribution in [3.05, 3.63) is 0 Å². The third-order valence-corrected chi connectivity index (χ3v) is 2.32. The van der Waals surface area contributed by atoms with E-state index in [4.69, 9.17) is 17.1 Å². The van der Waals surface area contributed by atoms with Gasteiger partial charge >= 0.3 is 0 Å². The molecule has 0 saturated carbocycles. The van der Waals surface area contributed by atoms with Gasteiger partial charge in [0.15, 0.2) is 0 Å². The summed E-state index contributed by atoms with van der Waals surface area (Å²) in [5.74, 6) is 0. The largest absolute Gasteiger partial charge is 0.445 e. The summed E-state index contributed by atoms with van der Waals surface area (Å²) in [5.41, 5.74) is -0.751. The fraction of sp³-hybridized carbons (Fsp3) is 1.00. The molecule has 0 bridgehead atoms. The first-order valence-electron chi connectivity index (χ1n) is 3.64. The van der Waals surface area contributed by atoms with Crippen LogP contribution in [-0.4, -0.2) is 33.4 Å². The van der Waals surface area contributed by atoms with Gasteiger partial charge < -0.3 is 9.39 Å². The molecular weight excluding hydrogens is 138 g/mol. The molecule has 0 aromatic heterocycles. The first kappa shape index (κ1) is 11.0. The summed E-state index contributed by atoms with van der Waals surface area (Å²) in [6.07, 6.45) is 0. The van der Waals surface area contributed by atoms with Crippen LogP contribution in [0.3, 0.4) is 0 Å². The van der Waals surface area contributed by atoms with E-state index in [1.807, 2.05) is 27.7 Å². The summed E-state index contributed by atoms with van der Waals surface area (Å²) in [6, 6.07) is 0. The molecular formula is C7H15B2O2. The second-order valence-corrected chi connectivity index (χ2v) is 3.48. The highest BCUT2D eigenvalue weighted by molar-refractivity contribution is 6.85. The van der Waals surface area contributed by atoms with Crippen LogP contribution < -0.4 is 0 Å². The monoisotopic (exact) mass is 153 g/mol. The predicted molar refractivity (Wildman–Crippen MR) is 47.8 cm³/mol. The Labute approximate surface area is 71.3 Å². The fourth-order valence-electron chi connectivity index (χ4n) is 0.558. The van der Waals surface area contributed by atoms with Gasteiger partial charge in [0.1, 0.15) is 0 Å². The van der Waals surface area contributed by atoms with Crippen molar-refractivity contribution in [2.24, 2.45) is 0 Å². The van der Waals surface area contributed by atoms with Gasteiger partial charge in [0, 0.05) is 7.11 Å². The molecule has 0 aliphatic carbocycles. The molecule has 0 rings (SSSR count). The quantitative estimate of drug-likeness (QED) is 0.558. The van der Waals surface area contributed by atoms with Crippen molar-refractivity contribution < 1.29 is 9.39 Å². The Morgan fingerprint density at radius 1 is 1.09 bits per heavy atom. The highest BCUT2D eigenvalue weighted by Gasteiger charge is 2.36. The van der Waals surface area contributed by atoms with Crippen LogP contribution in [0.2, 0.25) is 0 Å². The summed E-state index contributed by atoms with van der Waals surface area (Å²) in [5, 5.41) is 0. The van der Waals surface area contributed by atoms with Crippen LogP contribution in [0.1, 0.15) is 27.7 Å². The summed E-state index contributed by atoms with van der Waals surface area (Å²) < 4.78 is 10.5. The average Bonchev–Trinajstić information content (AvgIpc) is 1.87. The second kappa shape index (κ2) is 3.63. The zero-order chi connectivity index (χ0) is 9.12. The van der Waals surface area contributed by atoms with E-state index < -0.39 is 5.60 Å². The van der Waals surface area contributed by atoms with Crippen LogP contribution >= 0.6 is 0 Å². The normalized spacial score (nSPS) is 13.2. The first-order valence-corrected chi connectivity index (χ1v) is 3.64. The van der Waals surface area contributed by atoms with Crippen molar-refractivity contribution in [1.29, 1.82) is 0 Å². The number of rotatable bonds is 4. The van der Waals surface area contributed by atoms with Crippen molar-refractivity contribution in [2.45, 2.75) is 38.9 Å². The van der Waals surface area contributed by atoms with E-state index in [0.717, 1.165) is 0 Å². The van der Waals surface area contributed by atoms with Crippen LogP contribution in [0.5, 0.6) is 0 Å². The Kier molecular flexibility index (Phi) is 3.65. The first-order chi connectivity index (χ1) is 4.87. The average molecular weight is 153 g/mol. The van der Waals surface area contributed by atoms with Crippen molar-refractivity contribution in [3.8, 4) is 0 Å². The number of hydrogen-bond acceptors (Lipinski definition) is 2. The molecule has 0 fully saturated rings. The van der Waals surface area contributed by atoms with Gasteiger partial charge in [-0.1, -0.05) is 0 Å². The zero-order valence-electron chi connectivity index (χ0n) is 7.97. The molecule has 0 atom stereocenters. The van der Waals surface area contributed by atoms with E-state index in [1.165, 1.54) is 7.37 Å². The molecule has 0 unspecified atom stereocenters. The summed E-state index contributed by atoms with van der Waals surface area (Å²) in [4.78, 5) is 0. The summed E-state index contributed by atoms with van der Waals surface area (Å²) >= 11 is 0. The lowest BCUT2D eigenvalue weighted by molar-refractivity contribution is -0.113. The number of ether oxygens (including phenoxy) is 1. The van der Waals surface area contributed by atoms with Gasteiger partial charge in [-0.25, -0.2) is 0 Å². The van der Waals surface area contributed by atoms with Gasteiger partial charge in [0.05, 0.1) is 18.9 Å². The zero-order valence-corrected chi connectivity index (χ0v) is 7.97. The van der Waals surface area contributed by atoms with Crippen LogP contribution in [0.15, 0.2) is 0 Å². The third kappa shape index (κ3) is 2.53. The number of hydrogen-bond donors (Lipinski definition) is 0. The fourth-order valence-corrected chi connectivity index (χ4v) is 0.558. The van der Waals surface area contributed by atoms with E-state index in [2.05, 4.69) is 0 Å². The lowest BCUT2D eigenvalue weighted by Crippen LogP contribution is -2.49. The smallest absolute Gasteiger partial charge is 0.231 e. The molecule has 0 aliphatic rings. The van der Waals surface area contributed by atoms with Gasteiger partial charge in [-0.05, 0) is 27.7 Å². The molecule has 0 spiro atoms. The Hall–Kier alpha value is 0.0499. The minimum atomic E-state index is -0.406. The topological polar surface area (TPSA) is 18.5 Å². The Balaban J connectivity index is 4.26. The lowest BCUT2D eigenvalue weighted by atomic mass is 9.70. The van der Waals surface area contributed by atoms with Gasteiger partial charge in [0.25, 0.3) is 0 Å². The van der Waals surface area contributed by atoms with E-state index in [-0.39, 0.29) is 5.60 Å². The van der Waals surface area contributed by atoms with Crippen LogP contribution in [0.25, 0.3) is 0 Å². The minimum Gasteiger partial charge on any atom is -0.445 e. The van der Waals surface area contributed by atoms with Gasteiger partial charge in [-0.3, -0.25) is 0 Å². The van der Waals surface area contributed by atoms with Gasteiger partial charge in [-0.15, -0.1) is 0 Å². The van der Waals surface area contributed by atoms with Crippen molar-refractivity contribution in [3.63, 3.8) is 0 Å². The maximum atomic E-state index is 5.25. The van der Waals surface area contributed by atoms with E-state index >= 15 is 0 Å². The van der Waals surface area contributed by atoms with Crippen LogP contribution in [0.4, 0.5) is 0 Å². The van der Waals surface area contributed by atoms with Crippen LogP contribution in [-0.2, 0) is 9.39 Å². The maximum absolute atomic E-state index is 5.25. The third-order valence-electron chi connectivity index (χ3n) is 2.32. The molecule has 61 valence electrons. The lowest BCUT2D eigenvalue weighted by Gasteiger charge is -2.40. The molecule has 4 heteroatoms. The second-order valence-electron chi connectivity index (χ2n) is 3.48. The van der Waals surface area contributed by atoms with Gasteiger partial charge in [0.2, 0.25) is 7.37 Å². The highest BCUT2D eigenvalue weighted by Crippen LogP contribution is 2.27. The Morgan fingerprint density at radius 3 is 1.82 bits per heavy atom. The molecule has 0 amide bonds. The van der Waals surface area contributed by atoms with E-state index in [0.29, 0.717) is 0 Å². The van der Waals surface area contributed by atoms with E-state index in [9.17, 15) is 0 Å². The maximum Gasteiger partial charge on any atom is 0.231 e. The molecule has 0 aliphatic heterocycles. The summed E-state index contributed by atoms with van der Waals surface area (Å²) in [6.45, 7) is 7.77. The minimum absolute atomic E-state index is 0.344. The molecule has 11 heavy (non-hydrogen) atoms. The molecule has 2 nitrogen and oxygen atoms in total. The van der Waals surface area contributed by atoms with Crippen molar-refractivity contribution in [1.82, 2.24) is 0 Å². The molecule has 0 N–H and O–H groups in total. The van der Waals surface area contributed by atoms with Crippen LogP contribution in [0, 0.1) is 0 Å².